The van der Waals surface area contributed by atoms with Crippen molar-refractivity contribution in [3.8, 4) is 5.69 Å². The van der Waals surface area contributed by atoms with Gasteiger partial charge >= 0.3 is 6.03 Å². The number of nitrogens with two attached hydrogens (primary N) is 1. The molecule has 46 heavy (non-hydrogen) atoms. The number of anilines is 3. The SMILES string of the molecule is Cc1ccc(-n2nc(C(C)(C)C)cc2NC(=O)Nc2cccc(CC3CCN(C(=O)CNC(=O)c4ccc(N)cc4)CC3)c2)cc1. The largest absolute Gasteiger partial charge is 0.399 e. The standard InChI is InChI=1S/C36H43N7O3/c1-24-8-14-30(15-9-24)43-32(22-31(41-43)36(2,3)4)40-35(46)39-29-7-5-6-26(21-29)20-25-16-18-42(19-17-25)33(44)23-38-34(45)27-10-12-28(37)13-11-27/h5-15,21-22,25H,16-20,23,37H2,1-4H3,(H,38,45)(H2,39,40,46). The Kier molecular flexibility index (Phi) is 9.75. The summed E-state index contributed by atoms with van der Waals surface area (Å²) in [5.74, 6) is 0.625. The highest BCUT2D eigenvalue weighted by molar-refractivity contribution is 5.99. The van der Waals surface area contributed by atoms with Crippen LogP contribution in [0, 0.1) is 12.8 Å². The zero-order chi connectivity index (χ0) is 32.8. The van der Waals surface area contributed by atoms with Crippen LogP contribution in [0.15, 0.2) is 78.9 Å². The van der Waals surface area contributed by atoms with Crippen LogP contribution < -0.4 is 21.7 Å². The number of amides is 4. The minimum Gasteiger partial charge on any atom is -0.399 e. The lowest BCUT2D eigenvalue weighted by atomic mass is 9.90. The summed E-state index contributed by atoms with van der Waals surface area (Å²) < 4.78 is 1.76. The molecule has 4 amide bonds. The average Bonchev–Trinajstić information content (AvgIpc) is 3.45. The summed E-state index contributed by atoms with van der Waals surface area (Å²) in [7, 11) is 0. The summed E-state index contributed by atoms with van der Waals surface area (Å²) in [5, 5.41) is 13.5. The molecule has 3 aromatic carbocycles. The second kappa shape index (κ2) is 13.9. The van der Waals surface area contributed by atoms with Crippen molar-refractivity contribution in [1.29, 1.82) is 0 Å². The number of benzene rings is 3. The van der Waals surface area contributed by atoms with E-state index in [1.54, 1.807) is 28.9 Å². The van der Waals surface area contributed by atoms with E-state index < -0.39 is 0 Å². The highest BCUT2D eigenvalue weighted by Gasteiger charge is 2.24. The number of aromatic nitrogens is 2. The smallest absolute Gasteiger partial charge is 0.324 e. The van der Waals surface area contributed by atoms with Crippen molar-refractivity contribution in [2.45, 2.75) is 52.4 Å². The normalized spacial score (nSPS) is 13.7. The number of carbonyl (C=O) groups is 3. The fraction of sp³-hybridized carbons (Fsp3) is 0.333. The van der Waals surface area contributed by atoms with Crippen LogP contribution in [-0.4, -0.2) is 52.2 Å². The molecule has 1 aromatic heterocycles. The Labute approximate surface area is 270 Å². The minimum absolute atomic E-state index is 0.0347. The van der Waals surface area contributed by atoms with E-state index in [1.807, 2.05) is 60.4 Å². The van der Waals surface area contributed by atoms with Gasteiger partial charge in [0.15, 0.2) is 0 Å². The summed E-state index contributed by atoms with van der Waals surface area (Å²) in [6.45, 7) is 9.57. The summed E-state index contributed by atoms with van der Waals surface area (Å²) in [6.07, 6.45) is 2.59. The summed E-state index contributed by atoms with van der Waals surface area (Å²) in [4.78, 5) is 40.0. The number of rotatable bonds is 8. The van der Waals surface area contributed by atoms with Gasteiger partial charge in [-0.15, -0.1) is 0 Å². The number of nitrogens with zero attached hydrogens (tertiary/aromatic N) is 3. The van der Waals surface area contributed by atoms with Gasteiger partial charge in [-0.3, -0.25) is 14.9 Å². The van der Waals surface area contributed by atoms with E-state index in [0.29, 0.717) is 41.8 Å². The van der Waals surface area contributed by atoms with Crippen LogP contribution in [0.3, 0.4) is 0 Å². The van der Waals surface area contributed by atoms with Crippen LogP contribution in [0.1, 0.15) is 60.8 Å². The van der Waals surface area contributed by atoms with Crippen molar-refractivity contribution in [1.82, 2.24) is 20.0 Å². The van der Waals surface area contributed by atoms with Gasteiger partial charge in [0.05, 0.1) is 17.9 Å². The first-order valence-corrected chi connectivity index (χ1v) is 15.7. The van der Waals surface area contributed by atoms with Crippen LogP contribution in [0.25, 0.3) is 5.69 Å². The van der Waals surface area contributed by atoms with Crippen LogP contribution in [0.5, 0.6) is 0 Å². The maximum Gasteiger partial charge on any atom is 0.324 e. The van der Waals surface area contributed by atoms with Crippen LogP contribution in [0.4, 0.5) is 22.0 Å². The zero-order valence-corrected chi connectivity index (χ0v) is 27.0. The van der Waals surface area contributed by atoms with Crippen molar-refractivity contribution in [2.75, 3.05) is 36.0 Å². The summed E-state index contributed by atoms with van der Waals surface area (Å²) >= 11 is 0. The quantitative estimate of drug-likeness (QED) is 0.181. The Balaban J connectivity index is 1.13. The lowest BCUT2D eigenvalue weighted by molar-refractivity contribution is -0.131. The molecule has 1 saturated heterocycles. The highest BCUT2D eigenvalue weighted by atomic mass is 16.2. The topological polar surface area (TPSA) is 134 Å². The molecular weight excluding hydrogens is 578 g/mol. The van der Waals surface area contributed by atoms with Gasteiger partial charge in [0, 0.05) is 41.5 Å². The monoisotopic (exact) mass is 621 g/mol. The molecule has 0 radical (unpaired) electrons. The maximum absolute atomic E-state index is 13.1. The number of carbonyl (C=O) groups excluding carboxylic acids is 3. The van der Waals surface area contributed by atoms with E-state index in [0.717, 1.165) is 41.8 Å². The predicted molar refractivity (Wildman–Crippen MR) is 182 cm³/mol. The van der Waals surface area contributed by atoms with Crippen molar-refractivity contribution >= 4 is 35.0 Å². The maximum atomic E-state index is 13.1. The van der Waals surface area contributed by atoms with E-state index in [4.69, 9.17) is 10.8 Å². The van der Waals surface area contributed by atoms with Crippen LogP contribution in [0.2, 0.25) is 0 Å². The molecule has 10 heteroatoms. The van der Waals surface area contributed by atoms with Gasteiger partial charge in [0.1, 0.15) is 5.82 Å². The molecule has 0 spiro atoms. The summed E-state index contributed by atoms with van der Waals surface area (Å²) in [5.41, 5.74) is 11.3. The molecule has 1 fully saturated rings. The third-order valence-electron chi connectivity index (χ3n) is 8.25. The first kappa shape index (κ1) is 32.3. The van der Waals surface area contributed by atoms with Gasteiger partial charge in [0.25, 0.3) is 5.91 Å². The Morgan fingerprint density at radius 2 is 1.61 bits per heavy atom. The van der Waals surface area contributed by atoms with Crippen molar-refractivity contribution in [3.05, 3.63) is 101 Å². The number of nitrogen functional groups attached to an aromatic ring is 1. The molecule has 4 aromatic rings. The van der Waals surface area contributed by atoms with Crippen molar-refractivity contribution in [2.24, 2.45) is 5.92 Å². The average molecular weight is 622 g/mol. The lowest BCUT2D eigenvalue weighted by Crippen LogP contribution is -2.44. The lowest BCUT2D eigenvalue weighted by Gasteiger charge is -2.32. The molecule has 1 aliphatic heterocycles. The molecule has 0 atom stereocenters. The minimum atomic E-state index is -0.346. The number of likely N-dealkylation sites (tertiary alicyclic amines) is 1. The molecule has 0 bridgehead atoms. The Morgan fingerprint density at radius 1 is 0.913 bits per heavy atom. The molecule has 5 rings (SSSR count). The summed E-state index contributed by atoms with van der Waals surface area (Å²) in [6, 6.07) is 24.1. The van der Waals surface area contributed by atoms with Gasteiger partial charge in [-0.05, 0) is 86.2 Å². The van der Waals surface area contributed by atoms with E-state index >= 15 is 0 Å². The fourth-order valence-electron chi connectivity index (χ4n) is 5.50. The van der Waals surface area contributed by atoms with E-state index in [2.05, 4.69) is 42.8 Å². The molecule has 10 nitrogen and oxygen atoms in total. The zero-order valence-electron chi connectivity index (χ0n) is 27.0. The first-order valence-electron chi connectivity index (χ1n) is 15.7. The third kappa shape index (κ3) is 8.32. The molecular formula is C36H43N7O3. The number of hydrogen-bond acceptors (Lipinski definition) is 5. The van der Waals surface area contributed by atoms with Crippen LogP contribution >= 0.6 is 0 Å². The molecule has 2 heterocycles. The number of urea groups is 1. The van der Waals surface area contributed by atoms with Gasteiger partial charge in [0.2, 0.25) is 5.91 Å². The van der Waals surface area contributed by atoms with Crippen molar-refractivity contribution < 1.29 is 14.4 Å². The van der Waals surface area contributed by atoms with Crippen molar-refractivity contribution in [3.63, 3.8) is 0 Å². The molecule has 0 unspecified atom stereocenters. The number of piperidine rings is 1. The predicted octanol–water partition coefficient (Wildman–Crippen LogP) is 5.92. The fourth-order valence-corrected chi connectivity index (χ4v) is 5.50. The molecule has 5 N–H and O–H groups in total. The van der Waals surface area contributed by atoms with Gasteiger partial charge in [-0.25, -0.2) is 9.48 Å². The van der Waals surface area contributed by atoms with Crippen LogP contribution in [-0.2, 0) is 16.6 Å². The molecule has 240 valence electrons. The second-order valence-electron chi connectivity index (χ2n) is 13.0. The molecule has 0 aliphatic carbocycles. The third-order valence-corrected chi connectivity index (χ3v) is 8.25. The van der Waals surface area contributed by atoms with Gasteiger partial charge in [-0.2, -0.15) is 5.10 Å². The second-order valence-corrected chi connectivity index (χ2v) is 13.0. The van der Waals surface area contributed by atoms with E-state index in [1.165, 1.54) is 0 Å². The first-order chi connectivity index (χ1) is 21.9. The molecule has 1 aliphatic rings. The Bertz CT molecular complexity index is 1680. The Morgan fingerprint density at radius 3 is 2.28 bits per heavy atom. The Hall–Kier alpha value is -5.12. The number of aryl methyl sites for hydroxylation is 1. The van der Waals surface area contributed by atoms with E-state index in [9.17, 15) is 14.4 Å². The van der Waals surface area contributed by atoms with E-state index in [-0.39, 0.29) is 29.8 Å². The van der Waals surface area contributed by atoms with Gasteiger partial charge < -0.3 is 21.3 Å². The van der Waals surface area contributed by atoms with Gasteiger partial charge in [-0.1, -0.05) is 50.6 Å². The highest BCUT2D eigenvalue weighted by Crippen LogP contribution is 2.27. The number of hydrogen-bond donors (Lipinski definition) is 4. The molecule has 0 saturated carbocycles. The number of nitrogens with one attached hydrogen (secondary N) is 3.